The maximum absolute atomic E-state index is 6.19. The van der Waals surface area contributed by atoms with Crippen molar-refractivity contribution in [3.05, 3.63) is 59.4 Å². The van der Waals surface area contributed by atoms with Gasteiger partial charge < -0.3 is 10.1 Å². The summed E-state index contributed by atoms with van der Waals surface area (Å²) in [4.78, 5) is 4.29. The van der Waals surface area contributed by atoms with Crippen LogP contribution >= 0.6 is 0 Å². The quantitative estimate of drug-likeness (QED) is 0.906. The van der Waals surface area contributed by atoms with Crippen molar-refractivity contribution in [2.75, 3.05) is 11.9 Å². The highest BCUT2D eigenvalue weighted by atomic mass is 16.5. The number of rotatable bonds is 2. The van der Waals surface area contributed by atoms with Gasteiger partial charge in [0, 0.05) is 30.6 Å². The maximum atomic E-state index is 6.19. The Morgan fingerprint density at radius 2 is 2.27 bits per heavy atom. The molecular formula is C19H22N2O. The third-order valence-corrected chi connectivity index (χ3v) is 4.97. The molecule has 2 aromatic rings. The van der Waals surface area contributed by atoms with Crippen molar-refractivity contribution in [3.63, 3.8) is 0 Å². The zero-order valence-electron chi connectivity index (χ0n) is 13.0. The number of anilines is 1. The van der Waals surface area contributed by atoms with E-state index in [2.05, 4.69) is 41.5 Å². The molecule has 1 N–H and O–H groups in total. The van der Waals surface area contributed by atoms with Gasteiger partial charge in [-0.3, -0.25) is 4.98 Å². The Labute approximate surface area is 131 Å². The molecule has 1 aromatic carbocycles. The van der Waals surface area contributed by atoms with E-state index >= 15 is 0 Å². The van der Waals surface area contributed by atoms with Gasteiger partial charge in [0.1, 0.15) is 0 Å². The van der Waals surface area contributed by atoms with Crippen molar-refractivity contribution in [2.24, 2.45) is 0 Å². The molecule has 3 heterocycles. The van der Waals surface area contributed by atoms with E-state index in [1.165, 1.54) is 28.8 Å². The van der Waals surface area contributed by atoms with E-state index in [-0.39, 0.29) is 12.1 Å². The Kier molecular flexibility index (Phi) is 3.59. The number of hydrogen-bond acceptors (Lipinski definition) is 3. The van der Waals surface area contributed by atoms with Crippen LogP contribution in [0.25, 0.3) is 0 Å². The van der Waals surface area contributed by atoms with Crippen molar-refractivity contribution < 1.29 is 4.74 Å². The molecule has 0 amide bonds. The summed E-state index contributed by atoms with van der Waals surface area (Å²) < 4.78 is 6.19. The minimum Gasteiger partial charge on any atom is -0.375 e. The molecule has 1 aromatic heterocycles. The zero-order valence-corrected chi connectivity index (χ0v) is 13.0. The largest absolute Gasteiger partial charge is 0.375 e. The van der Waals surface area contributed by atoms with E-state index < -0.39 is 0 Å². The molecule has 2 aliphatic rings. The van der Waals surface area contributed by atoms with Gasteiger partial charge in [-0.05, 0) is 48.1 Å². The Bertz CT molecular complexity index is 656. The molecule has 2 aliphatic heterocycles. The molecule has 3 atom stereocenters. The summed E-state index contributed by atoms with van der Waals surface area (Å²) in [5.74, 6) is 0.488. The summed E-state index contributed by atoms with van der Waals surface area (Å²) in [6.45, 7) is 3.08. The fourth-order valence-corrected chi connectivity index (χ4v) is 3.82. The number of ether oxygens (including phenoxy) is 1. The number of aryl methyl sites for hydroxylation is 1. The van der Waals surface area contributed by atoms with Gasteiger partial charge in [-0.25, -0.2) is 0 Å². The maximum Gasteiger partial charge on any atom is 0.0887 e. The van der Waals surface area contributed by atoms with Crippen LogP contribution in [0.1, 0.15) is 48.4 Å². The lowest BCUT2D eigenvalue weighted by Gasteiger charge is -2.43. The first kappa shape index (κ1) is 13.8. The second-order valence-corrected chi connectivity index (χ2v) is 6.27. The van der Waals surface area contributed by atoms with Crippen LogP contribution in [0.3, 0.4) is 0 Å². The molecule has 4 rings (SSSR count). The second kappa shape index (κ2) is 5.73. The molecule has 0 bridgehead atoms. The van der Waals surface area contributed by atoms with Crippen LogP contribution in [-0.2, 0) is 11.2 Å². The van der Waals surface area contributed by atoms with Crippen LogP contribution in [0.2, 0.25) is 0 Å². The Morgan fingerprint density at radius 3 is 3.09 bits per heavy atom. The molecule has 3 nitrogen and oxygen atoms in total. The van der Waals surface area contributed by atoms with Crippen LogP contribution in [0, 0.1) is 0 Å². The minimum atomic E-state index is 0.193. The molecule has 0 aliphatic carbocycles. The van der Waals surface area contributed by atoms with Crippen molar-refractivity contribution in [3.8, 4) is 0 Å². The number of nitrogens with one attached hydrogen (secondary N) is 1. The number of benzene rings is 1. The SMILES string of the molecule is CCc1ccc2c(c1)C1CCCOC1[C@H](c1cccnc1)N2. The first-order valence-corrected chi connectivity index (χ1v) is 8.27. The van der Waals surface area contributed by atoms with Gasteiger partial charge in [-0.15, -0.1) is 0 Å². The van der Waals surface area contributed by atoms with E-state index in [9.17, 15) is 0 Å². The average molecular weight is 294 g/mol. The number of fused-ring (bicyclic) bond motifs is 3. The lowest BCUT2D eigenvalue weighted by Crippen LogP contribution is -2.40. The average Bonchev–Trinajstić information content (AvgIpc) is 2.61. The highest BCUT2D eigenvalue weighted by molar-refractivity contribution is 5.59. The normalized spacial score (nSPS) is 26.7. The molecule has 3 heteroatoms. The predicted molar refractivity (Wildman–Crippen MR) is 88.1 cm³/mol. The van der Waals surface area contributed by atoms with Gasteiger partial charge >= 0.3 is 0 Å². The highest BCUT2D eigenvalue weighted by Crippen LogP contribution is 2.46. The van der Waals surface area contributed by atoms with Gasteiger partial charge in [-0.1, -0.05) is 25.1 Å². The van der Waals surface area contributed by atoms with E-state index in [1.54, 1.807) is 0 Å². The van der Waals surface area contributed by atoms with Crippen molar-refractivity contribution in [1.29, 1.82) is 0 Å². The summed E-state index contributed by atoms with van der Waals surface area (Å²) in [5, 5.41) is 3.70. The van der Waals surface area contributed by atoms with Gasteiger partial charge in [-0.2, -0.15) is 0 Å². The first-order chi connectivity index (χ1) is 10.9. The molecule has 0 radical (unpaired) electrons. The lowest BCUT2D eigenvalue weighted by molar-refractivity contribution is -0.0154. The van der Waals surface area contributed by atoms with Crippen molar-refractivity contribution in [2.45, 2.75) is 44.2 Å². The predicted octanol–water partition coefficient (Wildman–Crippen LogP) is 4.07. The van der Waals surface area contributed by atoms with Gasteiger partial charge in [0.05, 0.1) is 12.1 Å². The fraction of sp³-hybridized carbons (Fsp3) is 0.421. The summed E-state index contributed by atoms with van der Waals surface area (Å²) in [6, 6.07) is 11.2. The molecule has 1 saturated heterocycles. The lowest BCUT2D eigenvalue weighted by atomic mass is 9.78. The van der Waals surface area contributed by atoms with E-state index in [4.69, 9.17) is 4.74 Å². The first-order valence-electron chi connectivity index (χ1n) is 8.27. The topological polar surface area (TPSA) is 34.1 Å². The van der Waals surface area contributed by atoms with Crippen LogP contribution in [0.5, 0.6) is 0 Å². The summed E-state index contributed by atoms with van der Waals surface area (Å²) >= 11 is 0. The standard InChI is InChI=1S/C19H22N2O/c1-2-13-7-8-17-16(11-13)15-6-4-10-22-19(15)18(21-17)14-5-3-9-20-12-14/h3,5,7-9,11-12,15,18-19,21H,2,4,6,10H2,1H3/t15?,18-,19?/m0/s1. The van der Waals surface area contributed by atoms with Crippen LogP contribution in [0.4, 0.5) is 5.69 Å². The number of aromatic nitrogens is 1. The molecule has 2 unspecified atom stereocenters. The Balaban J connectivity index is 1.77. The van der Waals surface area contributed by atoms with Crippen molar-refractivity contribution >= 4 is 5.69 Å². The van der Waals surface area contributed by atoms with Crippen LogP contribution in [0.15, 0.2) is 42.7 Å². The van der Waals surface area contributed by atoms with Crippen LogP contribution in [-0.4, -0.2) is 17.7 Å². The third-order valence-electron chi connectivity index (χ3n) is 4.97. The smallest absolute Gasteiger partial charge is 0.0887 e. The third kappa shape index (κ3) is 2.30. The number of nitrogens with zero attached hydrogens (tertiary/aromatic N) is 1. The zero-order chi connectivity index (χ0) is 14.9. The van der Waals surface area contributed by atoms with Crippen molar-refractivity contribution in [1.82, 2.24) is 4.98 Å². The molecular weight excluding hydrogens is 272 g/mol. The number of hydrogen-bond donors (Lipinski definition) is 1. The summed E-state index contributed by atoms with van der Waals surface area (Å²) in [7, 11) is 0. The Hall–Kier alpha value is -1.87. The van der Waals surface area contributed by atoms with E-state index in [0.29, 0.717) is 5.92 Å². The molecule has 1 fully saturated rings. The van der Waals surface area contributed by atoms with Gasteiger partial charge in [0.15, 0.2) is 0 Å². The summed E-state index contributed by atoms with van der Waals surface area (Å²) in [6.07, 6.45) is 7.43. The molecule has 0 spiro atoms. The number of pyridine rings is 1. The van der Waals surface area contributed by atoms with E-state index in [1.807, 2.05) is 18.5 Å². The van der Waals surface area contributed by atoms with Gasteiger partial charge in [0.25, 0.3) is 0 Å². The molecule has 0 saturated carbocycles. The highest BCUT2D eigenvalue weighted by Gasteiger charge is 2.39. The molecule has 114 valence electrons. The summed E-state index contributed by atoms with van der Waals surface area (Å²) in [5.41, 5.74) is 5.32. The second-order valence-electron chi connectivity index (χ2n) is 6.27. The fourth-order valence-electron chi connectivity index (χ4n) is 3.82. The van der Waals surface area contributed by atoms with Gasteiger partial charge in [0.2, 0.25) is 0 Å². The monoisotopic (exact) mass is 294 g/mol. The molecule has 22 heavy (non-hydrogen) atoms. The van der Waals surface area contributed by atoms with E-state index in [0.717, 1.165) is 19.4 Å². The minimum absolute atomic E-state index is 0.193. The van der Waals surface area contributed by atoms with Crippen LogP contribution < -0.4 is 5.32 Å². The Morgan fingerprint density at radius 1 is 1.32 bits per heavy atom.